The van der Waals surface area contributed by atoms with E-state index < -0.39 is 0 Å². The minimum atomic E-state index is 0.704. The van der Waals surface area contributed by atoms with Crippen molar-refractivity contribution in [3.63, 3.8) is 0 Å². The molecule has 0 amide bonds. The lowest BCUT2D eigenvalue weighted by Gasteiger charge is -2.10. The van der Waals surface area contributed by atoms with Crippen LogP contribution in [0.5, 0.6) is 0 Å². The first kappa shape index (κ1) is 18.0. The van der Waals surface area contributed by atoms with Crippen LogP contribution in [0.4, 0.5) is 0 Å². The topological polar surface area (TPSA) is 39.9 Å². The molecule has 0 unspecified atom stereocenters. The van der Waals surface area contributed by atoms with Crippen LogP contribution in [0.15, 0.2) is 59.8 Å². The molecule has 6 heteroatoms. The average molecular weight is 374 g/mol. The zero-order valence-corrected chi connectivity index (χ0v) is 15.6. The Bertz CT molecular complexity index is 790. The second-order valence-corrected chi connectivity index (χ2v) is 6.93. The Morgan fingerprint density at radius 3 is 2.52 bits per heavy atom. The molecule has 1 heterocycles. The molecule has 2 aromatic carbocycles. The molecular weight excluding hydrogens is 354 g/mol. The third-order valence-corrected chi connectivity index (χ3v) is 4.85. The standard InChI is InChI=1S/C19H20ClN3OS/c1-2-24-12-13-25-19-22-21-18(16-8-10-17(20)11-9-16)23(19)14-15-6-4-3-5-7-15/h3-11H,2,12-14H2,1H3. The van der Waals surface area contributed by atoms with E-state index in [0.29, 0.717) is 11.6 Å². The van der Waals surface area contributed by atoms with E-state index in [4.69, 9.17) is 16.3 Å². The minimum Gasteiger partial charge on any atom is -0.381 e. The van der Waals surface area contributed by atoms with Gasteiger partial charge in [0.1, 0.15) is 0 Å². The fraction of sp³-hybridized carbons (Fsp3) is 0.263. The Morgan fingerprint density at radius 1 is 1.04 bits per heavy atom. The average Bonchev–Trinajstić information content (AvgIpc) is 3.03. The number of hydrogen-bond donors (Lipinski definition) is 0. The van der Waals surface area contributed by atoms with E-state index >= 15 is 0 Å². The zero-order chi connectivity index (χ0) is 17.5. The van der Waals surface area contributed by atoms with Crippen molar-refractivity contribution in [3.05, 3.63) is 65.2 Å². The Hall–Kier alpha value is -1.82. The van der Waals surface area contributed by atoms with E-state index in [1.807, 2.05) is 49.4 Å². The summed E-state index contributed by atoms with van der Waals surface area (Å²) >= 11 is 7.67. The molecule has 0 radical (unpaired) electrons. The molecule has 130 valence electrons. The quantitative estimate of drug-likeness (QED) is 0.421. The molecular formula is C19H20ClN3OS. The van der Waals surface area contributed by atoms with E-state index in [9.17, 15) is 0 Å². The molecule has 0 atom stereocenters. The van der Waals surface area contributed by atoms with Gasteiger partial charge in [0.05, 0.1) is 13.2 Å². The van der Waals surface area contributed by atoms with Crippen molar-refractivity contribution < 1.29 is 4.74 Å². The van der Waals surface area contributed by atoms with Crippen LogP contribution in [-0.4, -0.2) is 33.7 Å². The molecule has 1 aromatic heterocycles. The van der Waals surface area contributed by atoms with Crippen molar-refractivity contribution in [2.24, 2.45) is 0 Å². The highest BCUT2D eigenvalue weighted by atomic mass is 35.5. The summed E-state index contributed by atoms with van der Waals surface area (Å²) in [7, 11) is 0. The van der Waals surface area contributed by atoms with Crippen molar-refractivity contribution in [1.82, 2.24) is 14.8 Å². The summed E-state index contributed by atoms with van der Waals surface area (Å²) < 4.78 is 7.57. The number of thioether (sulfide) groups is 1. The number of hydrogen-bond acceptors (Lipinski definition) is 4. The first-order valence-corrected chi connectivity index (χ1v) is 9.58. The molecule has 0 N–H and O–H groups in total. The van der Waals surface area contributed by atoms with Gasteiger partial charge in [-0.2, -0.15) is 0 Å². The van der Waals surface area contributed by atoms with Gasteiger partial charge in [0.2, 0.25) is 0 Å². The summed E-state index contributed by atoms with van der Waals surface area (Å²) in [5, 5.41) is 10.4. The highest BCUT2D eigenvalue weighted by Gasteiger charge is 2.14. The maximum atomic E-state index is 6.01. The molecule has 0 spiro atoms. The summed E-state index contributed by atoms with van der Waals surface area (Å²) in [6.45, 7) is 4.16. The molecule has 0 aliphatic rings. The summed E-state index contributed by atoms with van der Waals surface area (Å²) in [4.78, 5) is 0. The van der Waals surface area contributed by atoms with Gasteiger partial charge in [-0.25, -0.2) is 0 Å². The van der Waals surface area contributed by atoms with Crippen molar-refractivity contribution in [2.75, 3.05) is 19.0 Å². The van der Waals surface area contributed by atoms with E-state index in [1.54, 1.807) is 11.8 Å². The monoisotopic (exact) mass is 373 g/mol. The van der Waals surface area contributed by atoms with Crippen molar-refractivity contribution in [1.29, 1.82) is 0 Å². The highest BCUT2D eigenvalue weighted by molar-refractivity contribution is 7.99. The number of benzene rings is 2. The van der Waals surface area contributed by atoms with Gasteiger partial charge in [0.15, 0.2) is 11.0 Å². The van der Waals surface area contributed by atoms with Crippen LogP contribution in [0.3, 0.4) is 0 Å². The van der Waals surface area contributed by atoms with Gasteiger partial charge in [0.25, 0.3) is 0 Å². The van der Waals surface area contributed by atoms with E-state index in [2.05, 4.69) is 26.9 Å². The maximum absolute atomic E-state index is 6.01. The molecule has 3 aromatic rings. The van der Waals surface area contributed by atoms with Gasteiger partial charge in [-0.3, -0.25) is 4.57 Å². The largest absolute Gasteiger partial charge is 0.381 e. The SMILES string of the molecule is CCOCCSc1nnc(-c2ccc(Cl)cc2)n1Cc1ccccc1. The van der Waals surface area contributed by atoms with Gasteiger partial charge in [-0.1, -0.05) is 53.7 Å². The van der Waals surface area contributed by atoms with Gasteiger partial charge >= 0.3 is 0 Å². The normalized spacial score (nSPS) is 11.0. The summed E-state index contributed by atoms with van der Waals surface area (Å²) in [5.41, 5.74) is 2.22. The second kappa shape index (κ2) is 9.04. The van der Waals surface area contributed by atoms with Gasteiger partial charge in [-0.05, 0) is 36.8 Å². The van der Waals surface area contributed by atoms with Crippen LogP contribution in [0.2, 0.25) is 5.02 Å². The molecule has 4 nitrogen and oxygen atoms in total. The predicted molar refractivity (Wildman–Crippen MR) is 103 cm³/mol. The summed E-state index contributed by atoms with van der Waals surface area (Å²) in [6.07, 6.45) is 0. The van der Waals surface area contributed by atoms with Gasteiger partial charge < -0.3 is 4.74 Å². The summed E-state index contributed by atoms with van der Waals surface area (Å²) in [6, 6.07) is 18.0. The second-order valence-electron chi connectivity index (χ2n) is 5.43. The predicted octanol–water partition coefficient (Wildman–Crippen LogP) is 4.78. The Labute approximate surface area is 157 Å². The molecule has 0 aliphatic heterocycles. The third-order valence-electron chi connectivity index (χ3n) is 3.67. The van der Waals surface area contributed by atoms with E-state index in [-0.39, 0.29) is 0 Å². The molecule has 0 saturated carbocycles. The Morgan fingerprint density at radius 2 is 1.80 bits per heavy atom. The van der Waals surface area contributed by atoms with Crippen LogP contribution < -0.4 is 0 Å². The molecule has 0 aliphatic carbocycles. The number of rotatable bonds is 8. The number of ether oxygens (including phenoxy) is 1. The zero-order valence-electron chi connectivity index (χ0n) is 14.1. The van der Waals surface area contributed by atoms with Crippen LogP contribution in [-0.2, 0) is 11.3 Å². The number of halogens is 1. The number of nitrogens with zero attached hydrogens (tertiary/aromatic N) is 3. The lowest BCUT2D eigenvalue weighted by molar-refractivity contribution is 0.164. The third kappa shape index (κ3) is 4.84. The number of aromatic nitrogens is 3. The van der Waals surface area contributed by atoms with Gasteiger partial charge in [0, 0.05) is 22.9 Å². The van der Waals surface area contributed by atoms with E-state index in [1.165, 1.54) is 5.56 Å². The van der Waals surface area contributed by atoms with Crippen molar-refractivity contribution >= 4 is 23.4 Å². The summed E-state index contributed by atoms with van der Waals surface area (Å²) in [5.74, 6) is 1.70. The van der Waals surface area contributed by atoms with Crippen LogP contribution in [0.25, 0.3) is 11.4 Å². The first-order valence-electron chi connectivity index (χ1n) is 8.21. The lowest BCUT2D eigenvalue weighted by Crippen LogP contribution is -2.05. The molecule has 0 bridgehead atoms. The molecule has 3 rings (SSSR count). The van der Waals surface area contributed by atoms with Crippen molar-refractivity contribution in [3.8, 4) is 11.4 Å². The van der Waals surface area contributed by atoms with Crippen LogP contribution in [0.1, 0.15) is 12.5 Å². The maximum Gasteiger partial charge on any atom is 0.191 e. The Kier molecular flexibility index (Phi) is 6.50. The van der Waals surface area contributed by atoms with E-state index in [0.717, 1.165) is 35.4 Å². The van der Waals surface area contributed by atoms with Crippen LogP contribution >= 0.6 is 23.4 Å². The molecule has 0 saturated heterocycles. The highest BCUT2D eigenvalue weighted by Crippen LogP contribution is 2.26. The fourth-order valence-electron chi connectivity index (χ4n) is 2.45. The smallest absolute Gasteiger partial charge is 0.191 e. The lowest BCUT2D eigenvalue weighted by atomic mass is 10.2. The van der Waals surface area contributed by atoms with Crippen molar-refractivity contribution in [2.45, 2.75) is 18.6 Å². The molecule has 25 heavy (non-hydrogen) atoms. The van der Waals surface area contributed by atoms with Gasteiger partial charge in [-0.15, -0.1) is 10.2 Å². The minimum absolute atomic E-state index is 0.704. The first-order chi connectivity index (χ1) is 12.3. The Balaban J connectivity index is 1.88. The molecule has 0 fully saturated rings. The van der Waals surface area contributed by atoms with Crippen LogP contribution in [0, 0.1) is 0 Å². The fourth-order valence-corrected chi connectivity index (χ4v) is 3.37.